The Bertz CT molecular complexity index is 570. The van der Waals surface area contributed by atoms with Gasteiger partial charge < -0.3 is 16.2 Å². The van der Waals surface area contributed by atoms with Crippen LogP contribution >= 0.6 is 0 Å². The molecule has 0 aliphatic heterocycles. The first-order chi connectivity index (χ1) is 9.08. The molecular formula is C14H14F2N2O. The lowest BCUT2D eigenvalue weighted by molar-refractivity contribution is 0.475. The van der Waals surface area contributed by atoms with Gasteiger partial charge in [0.15, 0.2) is 11.6 Å². The largest absolute Gasteiger partial charge is 0.508 e. The van der Waals surface area contributed by atoms with Crippen molar-refractivity contribution in [3.63, 3.8) is 0 Å². The Hall–Kier alpha value is -2.30. The van der Waals surface area contributed by atoms with Crippen LogP contribution in [0.15, 0.2) is 36.4 Å². The normalized spacial score (nSPS) is 10.4. The van der Waals surface area contributed by atoms with Crippen LogP contribution in [0.5, 0.6) is 5.75 Å². The van der Waals surface area contributed by atoms with E-state index in [0.29, 0.717) is 13.0 Å². The van der Waals surface area contributed by atoms with Crippen molar-refractivity contribution in [3.05, 3.63) is 53.6 Å². The summed E-state index contributed by atoms with van der Waals surface area (Å²) in [5, 5.41) is 11.9. The fraction of sp³-hybridized carbons (Fsp3) is 0.143. The van der Waals surface area contributed by atoms with Crippen LogP contribution < -0.4 is 11.1 Å². The molecule has 0 fully saturated rings. The van der Waals surface area contributed by atoms with Gasteiger partial charge in [-0.3, -0.25) is 0 Å². The smallest absolute Gasteiger partial charge is 0.183 e. The van der Waals surface area contributed by atoms with Gasteiger partial charge >= 0.3 is 0 Å². The zero-order valence-electron chi connectivity index (χ0n) is 10.2. The second-order valence-corrected chi connectivity index (χ2v) is 4.17. The predicted octanol–water partition coefficient (Wildman–Crippen LogP) is 2.91. The third-order valence-electron chi connectivity index (χ3n) is 2.78. The topological polar surface area (TPSA) is 58.3 Å². The molecule has 4 N–H and O–H groups in total. The second-order valence-electron chi connectivity index (χ2n) is 4.17. The Labute approximate surface area is 109 Å². The first-order valence-electron chi connectivity index (χ1n) is 5.83. The number of nitrogens with one attached hydrogen (secondary N) is 1. The average molecular weight is 264 g/mol. The number of phenolic OH excluding ortho intramolecular Hbond substituents is 1. The predicted molar refractivity (Wildman–Crippen MR) is 71.1 cm³/mol. The fourth-order valence-corrected chi connectivity index (χ4v) is 1.74. The van der Waals surface area contributed by atoms with Crippen LogP contribution in [0, 0.1) is 11.6 Å². The minimum absolute atomic E-state index is 0.0150. The third kappa shape index (κ3) is 3.13. The van der Waals surface area contributed by atoms with E-state index in [-0.39, 0.29) is 17.1 Å². The lowest BCUT2D eigenvalue weighted by Gasteiger charge is -2.10. The zero-order chi connectivity index (χ0) is 13.8. The number of anilines is 2. The molecule has 0 unspecified atom stereocenters. The molecular weight excluding hydrogens is 250 g/mol. The van der Waals surface area contributed by atoms with Gasteiger partial charge in [-0.25, -0.2) is 8.78 Å². The number of aromatic hydroxyl groups is 1. The molecule has 2 aromatic carbocycles. The van der Waals surface area contributed by atoms with Gasteiger partial charge in [0.25, 0.3) is 0 Å². The summed E-state index contributed by atoms with van der Waals surface area (Å²) in [6.07, 6.45) is 0.607. The number of nitrogens with two attached hydrogens (primary N) is 1. The van der Waals surface area contributed by atoms with E-state index in [4.69, 9.17) is 10.8 Å². The van der Waals surface area contributed by atoms with Crippen LogP contribution in [0.3, 0.4) is 0 Å². The van der Waals surface area contributed by atoms with Crippen LogP contribution in [0.25, 0.3) is 0 Å². The van der Waals surface area contributed by atoms with Crippen molar-refractivity contribution in [1.82, 2.24) is 0 Å². The summed E-state index contributed by atoms with van der Waals surface area (Å²) in [4.78, 5) is 0. The van der Waals surface area contributed by atoms with E-state index < -0.39 is 11.6 Å². The SMILES string of the molecule is Nc1ccc(F)c(F)c1NCCc1ccc(O)cc1. The van der Waals surface area contributed by atoms with Crippen LogP contribution in [0.2, 0.25) is 0 Å². The molecule has 0 saturated heterocycles. The molecule has 2 rings (SSSR count). The molecule has 19 heavy (non-hydrogen) atoms. The summed E-state index contributed by atoms with van der Waals surface area (Å²) in [7, 11) is 0. The molecule has 0 radical (unpaired) electrons. The summed E-state index contributed by atoms with van der Waals surface area (Å²) in [6.45, 7) is 0.412. The van der Waals surface area contributed by atoms with Crippen LogP contribution in [0.4, 0.5) is 20.2 Å². The molecule has 0 aliphatic carbocycles. The summed E-state index contributed by atoms with van der Waals surface area (Å²) >= 11 is 0. The highest BCUT2D eigenvalue weighted by molar-refractivity contribution is 5.66. The van der Waals surface area contributed by atoms with E-state index in [1.165, 1.54) is 6.07 Å². The number of hydrogen-bond donors (Lipinski definition) is 3. The molecule has 0 aliphatic rings. The Morgan fingerprint density at radius 3 is 2.42 bits per heavy atom. The molecule has 100 valence electrons. The summed E-state index contributed by atoms with van der Waals surface area (Å²) in [5.74, 6) is -1.70. The Kier molecular flexibility index (Phi) is 3.85. The van der Waals surface area contributed by atoms with E-state index in [2.05, 4.69) is 5.32 Å². The van der Waals surface area contributed by atoms with Crippen molar-refractivity contribution in [3.8, 4) is 5.75 Å². The summed E-state index contributed by atoms with van der Waals surface area (Å²) in [5.41, 5.74) is 6.72. The monoisotopic (exact) mass is 264 g/mol. The van der Waals surface area contributed by atoms with Crippen molar-refractivity contribution in [2.24, 2.45) is 0 Å². The zero-order valence-corrected chi connectivity index (χ0v) is 10.2. The molecule has 0 heterocycles. The van der Waals surface area contributed by atoms with E-state index in [1.807, 2.05) is 0 Å². The molecule has 0 spiro atoms. The van der Waals surface area contributed by atoms with E-state index in [9.17, 15) is 8.78 Å². The molecule has 0 bridgehead atoms. The summed E-state index contributed by atoms with van der Waals surface area (Å²) in [6, 6.07) is 9.00. The van der Waals surface area contributed by atoms with Crippen molar-refractivity contribution in [2.45, 2.75) is 6.42 Å². The second kappa shape index (κ2) is 5.56. The minimum Gasteiger partial charge on any atom is -0.508 e. The van der Waals surface area contributed by atoms with Gasteiger partial charge in [0.1, 0.15) is 5.75 Å². The van der Waals surface area contributed by atoms with Gasteiger partial charge in [-0.15, -0.1) is 0 Å². The highest BCUT2D eigenvalue weighted by Gasteiger charge is 2.10. The van der Waals surface area contributed by atoms with Gasteiger partial charge in [-0.2, -0.15) is 0 Å². The Morgan fingerprint density at radius 2 is 1.74 bits per heavy atom. The maximum absolute atomic E-state index is 13.5. The quantitative estimate of drug-likeness (QED) is 0.744. The van der Waals surface area contributed by atoms with E-state index in [1.54, 1.807) is 24.3 Å². The van der Waals surface area contributed by atoms with Crippen LogP contribution in [0.1, 0.15) is 5.56 Å². The van der Waals surface area contributed by atoms with E-state index in [0.717, 1.165) is 11.6 Å². The van der Waals surface area contributed by atoms with Gasteiger partial charge in [0.05, 0.1) is 11.4 Å². The van der Waals surface area contributed by atoms with Gasteiger partial charge in [0, 0.05) is 6.54 Å². The van der Waals surface area contributed by atoms with Crippen LogP contribution in [-0.4, -0.2) is 11.7 Å². The number of halogens is 2. The number of phenols is 1. The van der Waals surface area contributed by atoms with Gasteiger partial charge in [-0.05, 0) is 36.2 Å². The fourth-order valence-electron chi connectivity index (χ4n) is 1.74. The third-order valence-corrected chi connectivity index (χ3v) is 2.78. The highest BCUT2D eigenvalue weighted by Crippen LogP contribution is 2.24. The van der Waals surface area contributed by atoms with Crippen molar-refractivity contribution >= 4 is 11.4 Å². The molecule has 3 nitrogen and oxygen atoms in total. The molecule has 2 aromatic rings. The molecule has 0 aromatic heterocycles. The summed E-state index contributed by atoms with van der Waals surface area (Å²) < 4.78 is 26.5. The number of benzene rings is 2. The Balaban J connectivity index is 2.00. The van der Waals surface area contributed by atoms with Crippen molar-refractivity contribution in [2.75, 3.05) is 17.6 Å². The standard InChI is InChI=1S/C14H14F2N2O/c15-11-5-6-12(17)14(13(11)16)18-8-7-9-1-3-10(19)4-2-9/h1-6,18-19H,7-8,17H2. The van der Waals surface area contributed by atoms with Crippen LogP contribution in [-0.2, 0) is 6.42 Å². The van der Waals surface area contributed by atoms with Crippen molar-refractivity contribution in [1.29, 1.82) is 0 Å². The average Bonchev–Trinajstić information content (AvgIpc) is 2.40. The van der Waals surface area contributed by atoms with E-state index >= 15 is 0 Å². The van der Waals surface area contributed by atoms with Gasteiger partial charge in [-0.1, -0.05) is 12.1 Å². The first-order valence-corrected chi connectivity index (χ1v) is 5.83. The molecule has 0 atom stereocenters. The van der Waals surface area contributed by atoms with Crippen molar-refractivity contribution < 1.29 is 13.9 Å². The Morgan fingerprint density at radius 1 is 1.05 bits per heavy atom. The lowest BCUT2D eigenvalue weighted by atomic mass is 10.1. The van der Waals surface area contributed by atoms with Gasteiger partial charge in [0.2, 0.25) is 0 Å². The number of nitrogen functional groups attached to an aromatic ring is 1. The minimum atomic E-state index is -0.967. The highest BCUT2D eigenvalue weighted by atomic mass is 19.2. The molecule has 5 heteroatoms. The maximum atomic E-state index is 13.5. The number of hydrogen-bond acceptors (Lipinski definition) is 3. The molecule has 0 amide bonds. The number of rotatable bonds is 4. The lowest BCUT2D eigenvalue weighted by Crippen LogP contribution is -2.09. The molecule has 0 saturated carbocycles. The first kappa shape index (κ1) is 13.1. The maximum Gasteiger partial charge on any atom is 0.183 e.